The maximum atomic E-state index is 12.4. The summed E-state index contributed by atoms with van der Waals surface area (Å²) < 4.78 is 5.00. The van der Waals surface area contributed by atoms with Crippen LogP contribution in [-0.2, 0) is 19.7 Å². The number of ether oxygens (including phenoxy) is 1. The zero-order chi connectivity index (χ0) is 16.3. The van der Waals surface area contributed by atoms with Crippen LogP contribution in [0, 0.1) is 23.7 Å². The van der Waals surface area contributed by atoms with Gasteiger partial charge in [-0.1, -0.05) is 60.7 Å². The van der Waals surface area contributed by atoms with E-state index in [-0.39, 0.29) is 41.0 Å². The number of esters is 2. The minimum atomic E-state index is -0.312. The topological polar surface area (TPSA) is 43.4 Å². The van der Waals surface area contributed by atoms with Crippen molar-refractivity contribution in [1.82, 2.24) is 0 Å². The molecule has 120 valence electrons. The van der Waals surface area contributed by atoms with Crippen LogP contribution in [0.2, 0.25) is 0 Å². The van der Waals surface area contributed by atoms with Crippen LogP contribution in [0.4, 0.5) is 0 Å². The highest BCUT2D eigenvalue weighted by Gasteiger charge is 2.71. The minimum absolute atomic E-state index is 0.135. The Morgan fingerprint density at radius 2 is 1.12 bits per heavy atom. The largest absolute Gasteiger partial charge is 0.393 e. The number of cyclic esters (lactones) is 2. The van der Waals surface area contributed by atoms with Gasteiger partial charge in [-0.15, -0.1) is 0 Å². The summed E-state index contributed by atoms with van der Waals surface area (Å²) >= 11 is 0. The molecule has 2 aromatic rings. The molecule has 1 heterocycles. The van der Waals surface area contributed by atoms with Crippen LogP contribution >= 0.6 is 0 Å². The average Bonchev–Trinajstić information content (AvgIpc) is 3.24. The van der Waals surface area contributed by atoms with E-state index in [1.54, 1.807) is 0 Å². The predicted octanol–water partition coefficient (Wildman–Crippen LogP) is 3.33. The summed E-state index contributed by atoms with van der Waals surface area (Å²) in [6.07, 6.45) is 1.94. The third-order valence-corrected chi connectivity index (χ3v) is 6.46. The highest BCUT2D eigenvalue weighted by atomic mass is 16.6. The Labute approximate surface area is 140 Å². The SMILES string of the molecule is O=C1OC(=O)[C@H]2[C@H]1[C@H]1CC[C@@H]2C1(c1ccccc1)c1ccccc1. The van der Waals surface area contributed by atoms with E-state index in [1.165, 1.54) is 11.1 Å². The molecule has 3 heteroatoms. The summed E-state index contributed by atoms with van der Waals surface area (Å²) in [5.74, 6) is -0.914. The molecule has 1 saturated heterocycles. The maximum absolute atomic E-state index is 12.4. The van der Waals surface area contributed by atoms with Crippen LogP contribution in [0.1, 0.15) is 24.0 Å². The molecule has 2 bridgehead atoms. The molecule has 2 aliphatic carbocycles. The zero-order valence-corrected chi connectivity index (χ0v) is 13.2. The highest BCUT2D eigenvalue weighted by molar-refractivity contribution is 5.98. The lowest BCUT2D eigenvalue weighted by molar-refractivity contribution is -0.155. The molecular weight excluding hydrogens is 300 g/mol. The number of hydrogen-bond donors (Lipinski definition) is 0. The number of rotatable bonds is 2. The van der Waals surface area contributed by atoms with E-state index in [1.807, 2.05) is 36.4 Å². The van der Waals surface area contributed by atoms with Crippen molar-refractivity contribution in [2.45, 2.75) is 18.3 Å². The van der Waals surface area contributed by atoms with Crippen molar-refractivity contribution in [3.8, 4) is 0 Å². The fourth-order valence-electron chi connectivity index (χ4n) is 5.82. The van der Waals surface area contributed by atoms with Crippen molar-refractivity contribution in [1.29, 1.82) is 0 Å². The quantitative estimate of drug-likeness (QED) is 0.630. The van der Waals surface area contributed by atoms with Crippen molar-refractivity contribution in [2.75, 3.05) is 0 Å². The molecule has 3 nitrogen and oxygen atoms in total. The smallest absolute Gasteiger partial charge is 0.317 e. The Morgan fingerprint density at radius 3 is 1.54 bits per heavy atom. The van der Waals surface area contributed by atoms with E-state index in [9.17, 15) is 9.59 Å². The summed E-state index contributed by atoms with van der Waals surface area (Å²) in [4.78, 5) is 24.7. The van der Waals surface area contributed by atoms with Gasteiger partial charge in [-0.3, -0.25) is 9.59 Å². The normalized spacial score (nSPS) is 32.7. The molecule has 4 atom stereocenters. The lowest BCUT2D eigenvalue weighted by Crippen LogP contribution is -2.36. The van der Waals surface area contributed by atoms with Crippen LogP contribution < -0.4 is 0 Å². The third-order valence-electron chi connectivity index (χ3n) is 6.46. The summed E-state index contributed by atoms with van der Waals surface area (Å²) in [6.45, 7) is 0. The fourth-order valence-corrected chi connectivity index (χ4v) is 5.82. The maximum Gasteiger partial charge on any atom is 0.317 e. The monoisotopic (exact) mass is 318 g/mol. The fraction of sp³-hybridized carbons (Fsp3) is 0.333. The van der Waals surface area contributed by atoms with E-state index in [2.05, 4.69) is 24.3 Å². The molecule has 24 heavy (non-hydrogen) atoms. The average molecular weight is 318 g/mol. The van der Waals surface area contributed by atoms with Crippen LogP contribution in [0.15, 0.2) is 60.7 Å². The molecule has 3 aliphatic rings. The van der Waals surface area contributed by atoms with Crippen molar-refractivity contribution >= 4 is 11.9 Å². The van der Waals surface area contributed by atoms with Crippen molar-refractivity contribution in [3.05, 3.63) is 71.8 Å². The first-order chi connectivity index (χ1) is 11.7. The molecule has 5 rings (SSSR count). The van der Waals surface area contributed by atoms with Gasteiger partial charge in [-0.05, 0) is 35.8 Å². The Hall–Kier alpha value is -2.42. The van der Waals surface area contributed by atoms with E-state index in [0.29, 0.717) is 0 Å². The van der Waals surface area contributed by atoms with Crippen LogP contribution in [0.25, 0.3) is 0 Å². The lowest BCUT2D eigenvalue weighted by Gasteiger charge is -2.37. The molecule has 3 fully saturated rings. The van der Waals surface area contributed by atoms with Gasteiger partial charge in [0.2, 0.25) is 0 Å². The Kier molecular flexibility index (Phi) is 2.79. The minimum Gasteiger partial charge on any atom is -0.393 e. The van der Waals surface area contributed by atoms with Crippen LogP contribution in [-0.4, -0.2) is 11.9 Å². The summed E-state index contributed by atoms with van der Waals surface area (Å²) in [6, 6.07) is 20.8. The molecule has 2 saturated carbocycles. The predicted molar refractivity (Wildman–Crippen MR) is 88.0 cm³/mol. The van der Waals surface area contributed by atoms with Crippen LogP contribution in [0.3, 0.4) is 0 Å². The van der Waals surface area contributed by atoms with Crippen molar-refractivity contribution < 1.29 is 14.3 Å². The third kappa shape index (κ3) is 1.52. The van der Waals surface area contributed by atoms with Gasteiger partial charge in [0, 0.05) is 5.41 Å². The second kappa shape index (κ2) is 4.79. The summed E-state index contributed by atoms with van der Waals surface area (Å²) in [7, 11) is 0. The first-order valence-corrected chi connectivity index (χ1v) is 8.61. The second-order valence-electron chi connectivity index (χ2n) is 7.18. The highest BCUT2D eigenvalue weighted by Crippen LogP contribution is 2.68. The molecule has 0 spiro atoms. The molecular formula is C21H18O3. The molecule has 0 N–H and O–H groups in total. The Balaban J connectivity index is 1.78. The Morgan fingerprint density at radius 1 is 0.708 bits per heavy atom. The molecule has 1 aliphatic heterocycles. The van der Waals surface area contributed by atoms with Crippen LogP contribution in [0.5, 0.6) is 0 Å². The number of fused-ring (bicyclic) bond motifs is 5. The summed E-state index contributed by atoms with van der Waals surface area (Å²) in [5.41, 5.74) is 2.19. The first-order valence-electron chi connectivity index (χ1n) is 8.61. The number of hydrogen-bond acceptors (Lipinski definition) is 3. The standard InChI is InChI=1S/C21H18O3/c22-19-17-15-11-12-16(18(17)20(23)24-19)21(15,13-7-3-1-4-8-13)14-9-5-2-6-10-14/h1-10,15-18H,11-12H2/t15-,16+,17-,18-/m1/s1. The molecule has 0 aromatic heterocycles. The van der Waals surface area contributed by atoms with Gasteiger partial charge in [0.1, 0.15) is 0 Å². The van der Waals surface area contributed by atoms with Gasteiger partial charge in [-0.2, -0.15) is 0 Å². The van der Waals surface area contributed by atoms with Gasteiger partial charge in [0.15, 0.2) is 0 Å². The Bertz CT molecular complexity index is 742. The zero-order valence-electron chi connectivity index (χ0n) is 13.2. The molecule has 0 amide bonds. The van der Waals surface area contributed by atoms with E-state index in [4.69, 9.17) is 4.74 Å². The van der Waals surface area contributed by atoms with E-state index >= 15 is 0 Å². The first kappa shape index (κ1) is 14.0. The lowest BCUT2D eigenvalue weighted by atomic mass is 9.66. The second-order valence-corrected chi connectivity index (χ2v) is 7.18. The van der Waals surface area contributed by atoms with Gasteiger partial charge in [0.25, 0.3) is 0 Å². The van der Waals surface area contributed by atoms with Gasteiger partial charge < -0.3 is 4.74 Å². The molecule has 0 radical (unpaired) electrons. The van der Waals surface area contributed by atoms with E-state index in [0.717, 1.165) is 12.8 Å². The van der Waals surface area contributed by atoms with Gasteiger partial charge >= 0.3 is 11.9 Å². The molecule has 2 aromatic carbocycles. The van der Waals surface area contributed by atoms with Crippen molar-refractivity contribution in [3.63, 3.8) is 0 Å². The molecule has 0 unspecified atom stereocenters. The van der Waals surface area contributed by atoms with Crippen molar-refractivity contribution in [2.24, 2.45) is 23.7 Å². The van der Waals surface area contributed by atoms with Gasteiger partial charge in [0.05, 0.1) is 11.8 Å². The van der Waals surface area contributed by atoms with Gasteiger partial charge in [-0.25, -0.2) is 0 Å². The number of carbonyl (C=O) groups is 2. The van der Waals surface area contributed by atoms with E-state index < -0.39 is 0 Å². The summed E-state index contributed by atoms with van der Waals surface area (Å²) in [5, 5.41) is 0. The number of benzene rings is 2. The number of carbonyl (C=O) groups excluding carboxylic acids is 2.